The average molecular weight is 271 g/mol. The molecule has 4 bridgehead atoms. The van der Waals surface area contributed by atoms with E-state index in [1.165, 1.54) is 43.4 Å². The van der Waals surface area contributed by atoms with E-state index in [2.05, 4.69) is 23.9 Å². The van der Waals surface area contributed by atoms with Crippen molar-refractivity contribution >= 4 is 11.5 Å². The molecule has 0 aliphatic heterocycles. The van der Waals surface area contributed by atoms with Crippen LogP contribution in [0.3, 0.4) is 0 Å². The number of pyridine rings is 1. The summed E-state index contributed by atoms with van der Waals surface area (Å²) >= 11 is 0. The van der Waals surface area contributed by atoms with Crippen molar-refractivity contribution in [1.82, 2.24) is 4.98 Å². The summed E-state index contributed by atoms with van der Waals surface area (Å²) in [4.78, 5) is 6.83. The first-order chi connectivity index (χ1) is 9.61. The third kappa shape index (κ3) is 1.82. The number of aryl methyl sites for hydroxylation is 1. The Labute approximate surface area is 121 Å². The van der Waals surface area contributed by atoms with Gasteiger partial charge in [-0.3, -0.25) is 0 Å². The first-order valence-electron chi connectivity index (χ1n) is 8.06. The fourth-order valence-corrected chi connectivity index (χ4v) is 5.63. The van der Waals surface area contributed by atoms with Crippen LogP contribution < -0.4 is 10.6 Å². The minimum absolute atomic E-state index is 0.629. The molecule has 1 aromatic heterocycles. The van der Waals surface area contributed by atoms with Crippen LogP contribution in [0, 0.1) is 30.6 Å². The molecule has 0 atom stereocenters. The molecule has 4 fully saturated rings. The predicted octanol–water partition coefficient (Wildman–Crippen LogP) is 3.23. The van der Waals surface area contributed by atoms with Gasteiger partial charge in [0.15, 0.2) is 0 Å². The molecule has 4 saturated carbocycles. The molecule has 0 aromatic carbocycles. The molecule has 2 N–H and O–H groups in total. The quantitative estimate of drug-likeness (QED) is 0.898. The highest BCUT2D eigenvalue weighted by Gasteiger charge is 2.49. The summed E-state index contributed by atoms with van der Waals surface area (Å²) in [6.45, 7) is 2.15. The molecule has 3 heteroatoms. The lowest BCUT2D eigenvalue weighted by Crippen LogP contribution is -2.55. The summed E-state index contributed by atoms with van der Waals surface area (Å²) in [7, 11) is 2.27. The van der Waals surface area contributed by atoms with Gasteiger partial charge in [0, 0.05) is 13.1 Å². The highest BCUT2D eigenvalue weighted by Crippen LogP contribution is 2.55. The normalized spacial score (nSPS) is 38.2. The van der Waals surface area contributed by atoms with E-state index in [1.54, 1.807) is 0 Å². The smallest absolute Gasteiger partial charge is 0.123 e. The Morgan fingerprint density at radius 1 is 1.10 bits per heavy atom. The molecule has 1 aromatic rings. The monoisotopic (exact) mass is 271 g/mol. The van der Waals surface area contributed by atoms with E-state index in [4.69, 9.17) is 5.73 Å². The fourth-order valence-electron chi connectivity index (χ4n) is 5.63. The van der Waals surface area contributed by atoms with Crippen molar-refractivity contribution in [2.24, 2.45) is 23.7 Å². The molecule has 3 nitrogen and oxygen atoms in total. The lowest BCUT2D eigenvalue weighted by Gasteiger charge is -2.57. The van der Waals surface area contributed by atoms with Crippen LogP contribution in [0.2, 0.25) is 0 Å². The van der Waals surface area contributed by atoms with Crippen LogP contribution in [0.4, 0.5) is 11.5 Å². The van der Waals surface area contributed by atoms with Crippen molar-refractivity contribution in [2.75, 3.05) is 17.7 Å². The van der Waals surface area contributed by atoms with Gasteiger partial charge in [0.25, 0.3) is 0 Å². The third-order valence-electron chi connectivity index (χ3n) is 6.11. The second kappa shape index (κ2) is 4.37. The molecule has 5 rings (SSSR count). The van der Waals surface area contributed by atoms with E-state index in [0.29, 0.717) is 5.82 Å². The van der Waals surface area contributed by atoms with E-state index in [1.807, 2.05) is 12.3 Å². The van der Waals surface area contributed by atoms with Gasteiger partial charge >= 0.3 is 0 Å². The Balaban J connectivity index is 1.63. The number of rotatable bonds is 2. The standard InChI is InChI=1S/C17H25N3/c1-10-3-16(18)19-9-15(10)20(2)17-13-5-11-4-12(7-13)8-14(17)6-11/h3,9,11-14,17H,4-8H2,1-2H3,(H2,18,19). The Kier molecular flexibility index (Phi) is 2.73. The van der Waals surface area contributed by atoms with Crippen molar-refractivity contribution in [3.8, 4) is 0 Å². The number of hydrogen-bond donors (Lipinski definition) is 1. The highest BCUT2D eigenvalue weighted by molar-refractivity contribution is 5.55. The molecule has 4 aliphatic carbocycles. The van der Waals surface area contributed by atoms with Crippen molar-refractivity contribution in [2.45, 2.75) is 45.1 Å². The van der Waals surface area contributed by atoms with Crippen molar-refractivity contribution < 1.29 is 0 Å². The van der Waals surface area contributed by atoms with E-state index < -0.39 is 0 Å². The molecule has 4 aliphatic rings. The minimum Gasteiger partial charge on any atom is -0.384 e. The molecule has 0 spiro atoms. The van der Waals surface area contributed by atoms with Gasteiger partial charge in [-0.2, -0.15) is 0 Å². The maximum Gasteiger partial charge on any atom is 0.123 e. The first-order valence-corrected chi connectivity index (χ1v) is 8.06. The lowest BCUT2D eigenvalue weighted by atomic mass is 9.54. The molecule has 20 heavy (non-hydrogen) atoms. The molecule has 0 saturated heterocycles. The molecular formula is C17H25N3. The van der Waals surface area contributed by atoms with Crippen LogP contribution >= 0.6 is 0 Å². The van der Waals surface area contributed by atoms with Crippen molar-refractivity contribution in [3.63, 3.8) is 0 Å². The topological polar surface area (TPSA) is 42.1 Å². The fraction of sp³-hybridized carbons (Fsp3) is 0.706. The number of hydrogen-bond acceptors (Lipinski definition) is 3. The van der Waals surface area contributed by atoms with E-state index in [-0.39, 0.29) is 0 Å². The van der Waals surface area contributed by atoms with Crippen LogP contribution in [0.15, 0.2) is 12.3 Å². The molecule has 1 heterocycles. The van der Waals surface area contributed by atoms with Gasteiger partial charge in [0.2, 0.25) is 0 Å². The van der Waals surface area contributed by atoms with Gasteiger partial charge in [-0.05, 0) is 74.3 Å². The zero-order valence-electron chi connectivity index (χ0n) is 12.5. The maximum atomic E-state index is 5.79. The van der Waals surface area contributed by atoms with Crippen molar-refractivity contribution in [3.05, 3.63) is 17.8 Å². The zero-order chi connectivity index (χ0) is 13.9. The summed E-state index contributed by atoms with van der Waals surface area (Å²) in [5.74, 6) is 4.52. The van der Waals surface area contributed by atoms with Gasteiger partial charge in [0.1, 0.15) is 5.82 Å². The van der Waals surface area contributed by atoms with Crippen LogP contribution in [-0.4, -0.2) is 18.1 Å². The Hall–Kier alpha value is -1.25. The van der Waals surface area contributed by atoms with Crippen LogP contribution in [0.5, 0.6) is 0 Å². The third-order valence-corrected chi connectivity index (χ3v) is 6.11. The van der Waals surface area contributed by atoms with E-state index >= 15 is 0 Å². The van der Waals surface area contributed by atoms with Gasteiger partial charge in [-0.25, -0.2) is 4.98 Å². The second-order valence-electron chi connectivity index (χ2n) is 7.43. The predicted molar refractivity (Wildman–Crippen MR) is 82.6 cm³/mol. The van der Waals surface area contributed by atoms with Gasteiger partial charge in [0.05, 0.1) is 11.9 Å². The number of aromatic nitrogens is 1. The van der Waals surface area contributed by atoms with Crippen molar-refractivity contribution in [1.29, 1.82) is 0 Å². The minimum atomic E-state index is 0.629. The number of nitrogens with zero attached hydrogens (tertiary/aromatic N) is 2. The van der Waals surface area contributed by atoms with Gasteiger partial charge in [-0.15, -0.1) is 0 Å². The molecule has 108 valence electrons. The molecule has 0 radical (unpaired) electrons. The van der Waals surface area contributed by atoms with Gasteiger partial charge in [-0.1, -0.05) is 0 Å². The second-order valence-corrected chi connectivity index (χ2v) is 7.43. The van der Waals surface area contributed by atoms with E-state index in [0.717, 1.165) is 29.7 Å². The number of nitrogen functional groups attached to an aromatic ring is 1. The maximum absolute atomic E-state index is 5.79. The highest BCUT2D eigenvalue weighted by atomic mass is 15.2. The lowest BCUT2D eigenvalue weighted by molar-refractivity contribution is -0.00126. The van der Waals surface area contributed by atoms with E-state index in [9.17, 15) is 0 Å². The largest absolute Gasteiger partial charge is 0.384 e. The number of anilines is 2. The Morgan fingerprint density at radius 2 is 1.70 bits per heavy atom. The summed E-state index contributed by atoms with van der Waals surface area (Å²) in [5, 5.41) is 0. The van der Waals surface area contributed by atoms with Crippen LogP contribution in [0.1, 0.15) is 37.7 Å². The Bertz CT molecular complexity index is 497. The Morgan fingerprint density at radius 3 is 2.25 bits per heavy atom. The summed E-state index contributed by atoms with van der Waals surface area (Å²) in [5.41, 5.74) is 8.33. The van der Waals surface area contributed by atoms with Crippen LogP contribution in [0.25, 0.3) is 0 Å². The average Bonchev–Trinajstić information content (AvgIpc) is 2.37. The number of nitrogens with two attached hydrogens (primary N) is 1. The summed E-state index contributed by atoms with van der Waals surface area (Å²) in [6, 6.07) is 2.73. The van der Waals surface area contributed by atoms with Gasteiger partial charge < -0.3 is 10.6 Å². The summed E-state index contributed by atoms with van der Waals surface area (Å²) in [6.07, 6.45) is 9.33. The molecule has 0 unspecified atom stereocenters. The first kappa shape index (κ1) is 12.5. The summed E-state index contributed by atoms with van der Waals surface area (Å²) < 4.78 is 0. The zero-order valence-corrected chi connectivity index (χ0v) is 12.5. The SMILES string of the molecule is Cc1cc(N)ncc1N(C)C1C2CC3CC(C2)CC1C3. The molecular weight excluding hydrogens is 246 g/mol. The molecule has 0 amide bonds. The van der Waals surface area contributed by atoms with Crippen LogP contribution in [-0.2, 0) is 0 Å².